The maximum atomic E-state index is 14.8. The van der Waals surface area contributed by atoms with E-state index in [9.17, 15) is 4.39 Å². The van der Waals surface area contributed by atoms with Gasteiger partial charge in [0, 0.05) is 54.0 Å². The number of H-pyrrole nitrogens is 1. The van der Waals surface area contributed by atoms with Crippen LogP contribution >= 0.6 is 11.6 Å². The van der Waals surface area contributed by atoms with Crippen molar-refractivity contribution in [1.82, 2.24) is 29.7 Å². The minimum atomic E-state index is -0.339. The summed E-state index contributed by atoms with van der Waals surface area (Å²) in [5, 5.41) is 15.7. The first-order chi connectivity index (χ1) is 16.4. The number of benzene rings is 1. The first-order valence-corrected chi connectivity index (χ1v) is 11.7. The molecule has 0 amide bonds. The number of fused-ring (bicyclic) bond motifs is 1. The number of nitrogens with one attached hydrogen (secondary N) is 2. The molecule has 8 nitrogen and oxygen atoms in total. The Labute approximate surface area is 202 Å². The summed E-state index contributed by atoms with van der Waals surface area (Å²) in [6.45, 7) is 9.67. The number of hydrogen-bond donors (Lipinski definition) is 2. The number of hydrogen-bond acceptors (Lipinski definition) is 6. The Morgan fingerprint density at radius 1 is 1.18 bits per heavy atom. The third-order valence-corrected chi connectivity index (χ3v) is 6.43. The predicted octanol–water partition coefficient (Wildman–Crippen LogP) is 4.59. The molecule has 1 aromatic carbocycles. The van der Waals surface area contributed by atoms with Gasteiger partial charge in [0.15, 0.2) is 11.5 Å². The van der Waals surface area contributed by atoms with E-state index in [1.807, 2.05) is 37.4 Å². The lowest BCUT2D eigenvalue weighted by atomic mass is 9.92. The second-order valence-electron chi connectivity index (χ2n) is 8.70. The predicted molar refractivity (Wildman–Crippen MR) is 129 cm³/mol. The maximum absolute atomic E-state index is 14.8. The van der Waals surface area contributed by atoms with Gasteiger partial charge in [0.1, 0.15) is 11.6 Å². The van der Waals surface area contributed by atoms with Crippen LogP contribution in [0.2, 0.25) is 5.02 Å². The van der Waals surface area contributed by atoms with Crippen molar-refractivity contribution in [3.8, 4) is 0 Å². The van der Waals surface area contributed by atoms with Crippen molar-refractivity contribution >= 4 is 28.9 Å². The largest absolute Gasteiger partial charge is 0.379 e. The van der Waals surface area contributed by atoms with Crippen LogP contribution in [-0.2, 0) is 11.3 Å². The molecule has 1 saturated heterocycles. The van der Waals surface area contributed by atoms with E-state index in [4.69, 9.17) is 26.4 Å². The van der Waals surface area contributed by atoms with Crippen molar-refractivity contribution in [3.63, 3.8) is 0 Å². The molecular weight excluding hydrogens is 457 g/mol. The highest BCUT2D eigenvalue weighted by molar-refractivity contribution is 6.30. The van der Waals surface area contributed by atoms with Gasteiger partial charge in [-0.1, -0.05) is 24.6 Å². The molecule has 1 fully saturated rings. The Morgan fingerprint density at radius 2 is 1.97 bits per heavy atom. The van der Waals surface area contributed by atoms with Gasteiger partial charge in [0.25, 0.3) is 0 Å². The standard InChI is InChI=1S/C24H27ClFN7O/c1-14-10-22(30-29-14)27-21-12-18(13-32-6-8-34-9-7-32)33-24(28-21)23(16(3)31-33)15(2)19-5-4-17(25)11-20(19)26/h4-5,10-12,15H,6-9,13H2,1-3H3,(H2,27,28,29,30). The molecule has 0 saturated carbocycles. The van der Waals surface area contributed by atoms with Gasteiger partial charge in [-0.2, -0.15) is 10.2 Å². The van der Waals surface area contributed by atoms with E-state index in [0.717, 1.165) is 35.7 Å². The fourth-order valence-corrected chi connectivity index (χ4v) is 4.65. The summed E-state index contributed by atoms with van der Waals surface area (Å²) in [6.07, 6.45) is 0. The van der Waals surface area contributed by atoms with Gasteiger partial charge >= 0.3 is 0 Å². The Hall–Kier alpha value is -3.01. The van der Waals surface area contributed by atoms with Gasteiger partial charge in [0.2, 0.25) is 0 Å². The molecule has 2 N–H and O–H groups in total. The van der Waals surface area contributed by atoms with Crippen molar-refractivity contribution in [2.24, 2.45) is 0 Å². The van der Waals surface area contributed by atoms with Gasteiger partial charge in [-0.25, -0.2) is 13.9 Å². The highest BCUT2D eigenvalue weighted by atomic mass is 35.5. The first-order valence-electron chi connectivity index (χ1n) is 11.3. The summed E-state index contributed by atoms with van der Waals surface area (Å²) in [5.41, 5.74) is 4.88. The SMILES string of the molecule is Cc1cc(Nc2cc(CN3CCOCC3)n3nc(C)c(C(C)c4ccc(Cl)cc4F)c3n2)n[nH]1. The number of anilines is 2. The Bertz CT molecular complexity index is 1330. The molecule has 0 spiro atoms. The molecule has 1 aliphatic rings. The molecule has 4 heterocycles. The topological polar surface area (TPSA) is 83.4 Å². The molecule has 1 aliphatic heterocycles. The van der Waals surface area contributed by atoms with Crippen molar-refractivity contribution in [2.45, 2.75) is 33.2 Å². The summed E-state index contributed by atoms with van der Waals surface area (Å²) in [7, 11) is 0. The van der Waals surface area contributed by atoms with Crippen molar-refractivity contribution in [1.29, 1.82) is 0 Å². The number of ether oxygens (including phenoxy) is 1. The van der Waals surface area contributed by atoms with Crippen LogP contribution in [0.4, 0.5) is 16.0 Å². The average molecular weight is 484 g/mol. The summed E-state index contributed by atoms with van der Waals surface area (Å²) in [5.74, 6) is 0.739. The van der Waals surface area contributed by atoms with Crippen LogP contribution in [0.3, 0.4) is 0 Å². The summed E-state index contributed by atoms with van der Waals surface area (Å²) in [4.78, 5) is 7.22. The van der Waals surface area contributed by atoms with Crippen LogP contribution in [-0.4, -0.2) is 56.0 Å². The summed E-state index contributed by atoms with van der Waals surface area (Å²) < 4.78 is 22.2. The van der Waals surface area contributed by atoms with Crippen LogP contribution in [0.5, 0.6) is 0 Å². The van der Waals surface area contributed by atoms with Crippen LogP contribution in [0, 0.1) is 19.7 Å². The molecule has 10 heteroatoms. The quantitative estimate of drug-likeness (QED) is 0.417. The Morgan fingerprint density at radius 3 is 2.68 bits per heavy atom. The van der Waals surface area contributed by atoms with Gasteiger partial charge in [-0.15, -0.1) is 0 Å². The Kier molecular flexibility index (Phi) is 6.24. The zero-order chi connectivity index (χ0) is 23.8. The maximum Gasteiger partial charge on any atom is 0.161 e. The second-order valence-corrected chi connectivity index (χ2v) is 9.14. The molecule has 34 heavy (non-hydrogen) atoms. The van der Waals surface area contributed by atoms with Gasteiger partial charge < -0.3 is 10.1 Å². The summed E-state index contributed by atoms with van der Waals surface area (Å²) in [6, 6.07) is 8.70. The molecule has 0 aliphatic carbocycles. The summed E-state index contributed by atoms with van der Waals surface area (Å²) >= 11 is 5.99. The van der Waals surface area contributed by atoms with Crippen molar-refractivity contribution < 1.29 is 9.13 Å². The second kappa shape index (κ2) is 9.32. The number of halogens is 2. The van der Waals surface area contributed by atoms with E-state index >= 15 is 0 Å². The zero-order valence-corrected chi connectivity index (χ0v) is 20.2. The molecule has 3 aromatic heterocycles. The molecule has 1 atom stereocenters. The number of morpholine rings is 1. The number of aromatic nitrogens is 5. The number of aromatic amines is 1. The van der Waals surface area contributed by atoms with Crippen LogP contribution in [0.1, 0.15) is 41.1 Å². The average Bonchev–Trinajstić information content (AvgIpc) is 3.36. The lowest BCUT2D eigenvalue weighted by molar-refractivity contribution is 0.0334. The lowest BCUT2D eigenvalue weighted by Gasteiger charge is -2.26. The number of nitrogens with zero attached hydrogens (tertiary/aromatic N) is 5. The van der Waals surface area contributed by atoms with E-state index in [-0.39, 0.29) is 11.7 Å². The normalized spacial score (nSPS) is 15.7. The highest BCUT2D eigenvalue weighted by Gasteiger charge is 2.24. The van der Waals surface area contributed by atoms with E-state index in [2.05, 4.69) is 20.4 Å². The van der Waals surface area contributed by atoms with Crippen LogP contribution in [0.25, 0.3) is 5.65 Å². The van der Waals surface area contributed by atoms with E-state index in [1.54, 1.807) is 12.1 Å². The van der Waals surface area contributed by atoms with Crippen molar-refractivity contribution in [2.75, 3.05) is 31.6 Å². The minimum absolute atomic E-state index is 0.263. The van der Waals surface area contributed by atoms with Gasteiger partial charge in [-0.3, -0.25) is 10.00 Å². The van der Waals surface area contributed by atoms with Gasteiger partial charge in [-0.05, 0) is 31.5 Å². The van der Waals surface area contributed by atoms with Gasteiger partial charge in [0.05, 0.1) is 24.6 Å². The smallest absolute Gasteiger partial charge is 0.161 e. The van der Waals surface area contributed by atoms with E-state index < -0.39 is 0 Å². The number of aryl methyl sites for hydroxylation is 2. The van der Waals surface area contributed by atoms with Crippen LogP contribution < -0.4 is 5.32 Å². The number of rotatable bonds is 6. The zero-order valence-electron chi connectivity index (χ0n) is 19.4. The lowest BCUT2D eigenvalue weighted by Crippen LogP contribution is -2.36. The molecule has 4 aromatic rings. The first kappa shape index (κ1) is 22.8. The molecule has 0 radical (unpaired) electrons. The fourth-order valence-electron chi connectivity index (χ4n) is 4.49. The molecule has 0 bridgehead atoms. The monoisotopic (exact) mass is 483 g/mol. The Balaban J connectivity index is 1.61. The van der Waals surface area contributed by atoms with E-state index in [0.29, 0.717) is 47.6 Å². The fraction of sp³-hybridized carbons (Fsp3) is 0.375. The highest BCUT2D eigenvalue weighted by Crippen LogP contribution is 2.33. The van der Waals surface area contributed by atoms with E-state index in [1.165, 1.54) is 6.07 Å². The molecular formula is C24H27ClFN7O. The minimum Gasteiger partial charge on any atom is -0.379 e. The molecule has 1 unspecified atom stereocenters. The molecule has 178 valence electrons. The third-order valence-electron chi connectivity index (χ3n) is 6.20. The van der Waals surface area contributed by atoms with Crippen molar-refractivity contribution in [3.05, 3.63) is 69.4 Å². The third kappa shape index (κ3) is 4.51. The molecule has 5 rings (SSSR count). The van der Waals surface area contributed by atoms with Crippen LogP contribution in [0.15, 0.2) is 30.3 Å².